The molecule has 14 heavy (non-hydrogen) atoms. The Hall–Kier alpha value is -0.110. The molecule has 0 aliphatic carbocycles. The highest BCUT2D eigenvalue weighted by molar-refractivity contribution is 4.82. The van der Waals surface area contributed by atoms with Gasteiger partial charge in [0.25, 0.3) is 0 Å². The summed E-state index contributed by atoms with van der Waals surface area (Å²) >= 11 is 0. The molecule has 0 aromatic rings. The number of likely N-dealkylation sites (tertiary alicyclic amines) is 1. The summed E-state index contributed by atoms with van der Waals surface area (Å²) in [4.78, 5) is 2.19. The van der Waals surface area contributed by atoms with Crippen molar-refractivity contribution in [2.45, 2.75) is 64.1 Å². The van der Waals surface area contributed by atoms with Gasteiger partial charge in [0.05, 0.1) is 0 Å². The number of alkyl halides is 1. The Morgan fingerprint density at radius 2 is 1.93 bits per heavy atom. The molecule has 2 atom stereocenters. The van der Waals surface area contributed by atoms with Crippen molar-refractivity contribution in [1.29, 1.82) is 0 Å². The second kappa shape index (κ2) is 6.39. The summed E-state index contributed by atoms with van der Waals surface area (Å²) in [5.41, 5.74) is 0. The molecule has 1 aliphatic heterocycles. The van der Waals surface area contributed by atoms with Crippen LogP contribution in [-0.2, 0) is 0 Å². The Kier molecular flexibility index (Phi) is 5.46. The van der Waals surface area contributed by atoms with Crippen LogP contribution in [0.2, 0.25) is 0 Å². The first kappa shape index (κ1) is 12.0. The van der Waals surface area contributed by atoms with Crippen LogP contribution in [0.5, 0.6) is 0 Å². The standard InChI is InChI=1S/C12H24FN/c1-3-4-5-6-7-8-12-9-11(13)10-14(12)2/h11-12H,3-10H2,1-2H3/t11-,12+/m0/s1. The molecule has 1 heterocycles. The number of nitrogens with zero attached hydrogens (tertiary/aromatic N) is 1. The van der Waals surface area contributed by atoms with E-state index < -0.39 is 6.17 Å². The lowest BCUT2D eigenvalue weighted by Crippen LogP contribution is -2.24. The van der Waals surface area contributed by atoms with Crippen molar-refractivity contribution < 1.29 is 4.39 Å². The van der Waals surface area contributed by atoms with E-state index in [1.54, 1.807) is 0 Å². The molecule has 1 saturated heterocycles. The fourth-order valence-electron chi connectivity index (χ4n) is 2.33. The van der Waals surface area contributed by atoms with Crippen molar-refractivity contribution in [3.05, 3.63) is 0 Å². The third kappa shape index (κ3) is 3.95. The van der Waals surface area contributed by atoms with E-state index in [9.17, 15) is 4.39 Å². The fourth-order valence-corrected chi connectivity index (χ4v) is 2.33. The highest BCUT2D eigenvalue weighted by Gasteiger charge is 2.28. The Morgan fingerprint density at radius 1 is 1.21 bits per heavy atom. The number of unbranched alkanes of at least 4 members (excludes halogenated alkanes) is 4. The molecule has 0 spiro atoms. The van der Waals surface area contributed by atoms with Crippen LogP contribution in [0.4, 0.5) is 4.39 Å². The minimum Gasteiger partial charge on any atom is -0.300 e. The first-order valence-corrected chi connectivity index (χ1v) is 6.08. The van der Waals surface area contributed by atoms with Crippen molar-refractivity contribution in [3.8, 4) is 0 Å². The van der Waals surface area contributed by atoms with E-state index >= 15 is 0 Å². The van der Waals surface area contributed by atoms with Crippen LogP contribution < -0.4 is 0 Å². The fraction of sp³-hybridized carbons (Fsp3) is 1.00. The minimum atomic E-state index is -0.569. The number of rotatable bonds is 6. The van der Waals surface area contributed by atoms with Gasteiger partial charge in [0.15, 0.2) is 0 Å². The van der Waals surface area contributed by atoms with Crippen molar-refractivity contribution in [2.75, 3.05) is 13.6 Å². The molecule has 0 aromatic carbocycles. The van der Waals surface area contributed by atoms with E-state index in [1.807, 2.05) is 0 Å². The second-order valence-electron chi connectivity index (χ2n) is 4.63. The van der Waals surface area contributed by atoms with E-state index in [0.717, 1.165) is 6.42 Å². The molecule has 0 aromatic heterocycles. The summed E-state index contributed by atoms with van der Waals surface area (Å²) < 4.78 is 13.0. The van der Waals surface area contributed by atoms with Gasteiger partial charge in [-0.15, -0.1) is 0 Å². The lowest BCUT2D eigenvalue weighted by atomic mass is 10.0. The largest absolute Gasteiger partial charge is 0.300 e. The van der Waals surface area contributed by atoms with Gasteiger partial charge < -0.3 is 4.90 Å². The zero-order chi connectivity index (χ0) is 10.4. The van der Waals surface area contributed by atoms with Gasteiger partial charge in [0.2, 0.25) is 0 Å². The van der Waals surface area contributed by atoms with E-state index in [2.05, 4.69) is 18.9 Å². The zero-order valence-corrected chi connectivity index (χ0v) is 9.64. The summed E-state index contributed by atoms with van der Waals surface area (Å²) in [6, 6.07) is 0.520. The quantitative estimate of drug-likeness (QED) is 0.595. The Morgan fingerprint density at radius 3 is 2.50 bits per heavy atom. The molecule has 1 rings (SSSR count). The van der Waals surface area contributed by atoms with Gasteiger partial charge in [0, 0.05) is 12.6 Å². The van der Waals surface area contributed by atoms with Crippen LogP contribution in [0.25, 0.3) is 0 Å². The molecule has 2 heteroatoms. The van der Waals surface area contributed by atoms with Crippen LogP contribution in [0.3, 0.4) is 0 Å². The van der Waals surface area contributed by atoms with Gasteiger partial charge in [0.1, 0.15) is 6.17 Å². The molecule has 0 saturated carbocycles. The molecule has 0 unspecified atom stereocenters. The molecule has 0 bridgehead atoms. The molecule has 84 valence electrons. The number of hydrogen-bond acceptors (Lipinski definition) is 1. The van der Waals surface area contributed by atoms with Crippen molar-refractivity contribution in [1.82, 2.24) is 4.90 Å². The van der Waals surface area contributed by atoms with Crippen LogP contribution in [0.15, 0.2) is 0 Å². The lowest BCUT2D eigenvalue weighted by Gasteiger charge is -2.18. The Balaban J connectivity index is 2.01. The van der Waals surface area contributed by atoms with E-state index in [0.29, 0.717) is 12.6 Å². The van der Waals surface area contributed by atoms with E-state index in [1.165, 1.54) is 38.5 Å². The van der Waals surface area contributed by atoms with Gasteiger partial charge in [-0.05, 0) is 19.9 Å². The number of hydrogen-bond donors (Lipinski definition) is 0. The molecule has 0 amide bonds. The molecule has 0 radical (unpaired) electrons. The monoisotopic (exact) mass is 201 g/mol. The zero-order valence-electron chi connectivity index (χ0n) is 9.64. The normalized spacial score (nSPS) is 28.5. The Bertz CT molecular complexity index is 149. The van der Waals surface area contributed by atoms with Gasteiger partial charge >= 0.3 is 0 Å². The molecule has 0 N–H and O–H groups in total. The van der Waals surface area contributed by atoms with Gasteiger partial charge in [-0.2, -0.15) is 0 Å². The van der Waals surface area contributed by atoms with E-state index in [-0.39, 0.29) is 0 Å². The summed E-state index contributed by atoms with van der Waals surface area (Å²) in [7, 11) is 2.05. The average molecular weight is 201 g/mol. The molecule has 1 fully saturated rings. The second-order valence-corrected chi connectivity index (χ2v) is 4.63. The minimum absolute atomic E-state index is 0.520. The SMILES string of the molecule is CCCCCCC[C@@H]1C[C@H](F)CN1C. The lowest BCUT2D eigenvalue weighted by molar-refractivity contribution is 0.280. The van der Waals surface area contributed by atoms with Crippen LogP contribution in [0.1, 0.15) is 51.9 Å². The molecule has 1 aliphatic rings. The van der Waals surface area contributed by atoms with E-state index in [4.69, 9.17) is 0 Å². The summed E-state index contributed by atoms with van der Waals surface area (Å²) in [6.07, 6.45) is 8.01. The number of halogens is 1. The maximum atomic E-state index is 13.0. The summed E-state index contributed by atoms with van der Waals surface area (Å²) in [5, 5.41) is 0. The summed E-state index contributed by atoms with van der Waals surface area (Å²) in [5.74, 6) is 0. The van der Waals surface area contributed by atoms with Crippen molar-refractivity contribution >= 4 is 0 Å². The van der Waals surface area contributed by atoms with Gasteiger partial charge in [-0.25, -0.2) is 4.39 Å². The van der Waals surface area contributed by atoms with Crippen molar-refractivity contribution in [2.24, 2.45) is 0 Å². The van der Waals surface area contributed by atoms with Crippen LogP contribution >= 0.6 is 0 Å². The molecular weight excluding hydrogens is 177 g/mol. The van der Waals surface area contributed by atoms with Gasteiger partial charge in [-0.3, -0.25) is 0 Å². The van der Waals surface area contributed by atoms with Crippen LogP contribution in [0, 0.1) is 0 Å². The maximum Gasteiger partial charge on any atom is 0.114 e. The third-order valence-corrected chi connectivity index (χ3v) is 3.28. The highest BCUT2D eigenvalue weighted by atomic mass is 19.1. The van der Waals surface area contributed by atoms with Crippen molar-refractivity contribution in [3.63, 3.8) is 0 Å². The van der Waals surface area contributed by atoms with Crippen LogP contribution in [-0.4, -0.2) is 30.7 Å². The van der Waals surface area contributed by atoms with Gasteiger partial charge in [-0.1, -0.05) is 39.0 Å². The average Bonchev–Trinajstić information content (AvgIpc) is 2.45. The first-order chi connectivity index (χ1) is 6.74. The first-order valence-electron chi connectivity index (χ1n) is 6.08. The Labute approximate surface area is 87.7 Å². The third-order valence-electron chi connectivity index (χ3n) is 3.28. The predicted molar refractivity (Wildman–Crippen MR) is 59.3 cm³/mol. The molecular formula is C12H24FN. The summed E-state index contributed by atoms with van der Waals surface area (Å²) in [6.45, 7) is 2.89. The maximum absolute atomic E-state index is 13.0. The highest BCUT2D eigenvalue weighted by Crippen LogP contribution is 2.23. The predicted octanol–water partition coefficient (Wildman–Crippen LogP) is 3.39. The smallest absolute Gasteiger partial charge is 0.114 e. The topological polar surface area (TPSA) is 3.24 Å². The molecule has 1 nitrogen and oxygen atoms in total.